The molecule has 1 aromatic rings. The first kappa shape index (κ1) is 11.6. The predicted molar refractivity (Wildman–Crippen MR) is 61.0 cm³/mol. The topological polar surface area (TPSA) is 38.3 Å². The van der Waals surface area contributed by atoms with Gasteiger partial charge in [-0.1, -0.05) is 18.2 Å². The maximum absolute atomic E-state index is 11.1. The Balaban J connectivity index is 2.81. The third-order valence-electron chi connectivity index (χ3n) is 1.91. The van der Waals surface area contributed by atoms with Crippen molar-refractivity contribution in [2.24, 2.45) is 0 Å². The maximum Gasteiger partial charge on any atom is 0.353 e. The van der Waals surface area contributed by atoms with E-state index < -0.39 is 5.97 Å². The second kappa shape index (κ2) is 4.84. The highest BCUT2D eigenvalue weighted by Gasteiger charge is 2.07. The molecule has 0 atom stereocenters. The summed E-state index contributed by atoms with van der Waals surface area (Å²) in [6.45, 7) is 5.45. The van der Waals surface area contributed by atoms with Gasteiger partial charge in [-0.3, -0.25) is 0 Å². The summed E-state index contributed by atoms with van der Waals surface area (Å²) in [7, 11) is 1.31. The molecule has 1 rings (SSSR count). The minimum absolute atomic E-state index is 0.197. The molecule has 0 amide bonds. The average molecular weight is 226 g/mol. The van der Waals surface area contributed by atoms with Crippen LogP contribution in [-0.4, -0.2) is 13.1 Å². The molecule has 3 nitrogen and oxygen atoms in total. The molecule has 0 bridgehead atoms. The number of halogens is 1. The fourth-order valence-electron chi connectivity index (χ4n) is 1.10. The molecule has 0 radical (unpaired) electrons. The van der Waals surface area contributed by atoms with Crippen LogP contribution < -0.4 is 5.32 Å². The van der Waals surface area contributed by atoms with Crippen LogP contribution in [0.4, 0.5) is 5.69 Å². The van der Waals surface area contributed by atoms with Gasteiger partial charge in [-0.2, -0.15) is 0 Å². The van der Waals surface area contributed by atoms with Crippen LogP contribution in [0.2, 0.25) is 5.02 Å². The van der Waals surface area contributed by atoms with Crippen LogP contribution in [0.1, 0.15) is 5.56 Å². The summed E-state index contributed by atoms with van der Waals surface area (Å²) in [5, 5.41) is 3.51. The van der Waals surface area contributed by atoms with Crippen molar-refractivity contribution >= 4 is 23.3 Å². The maximum atomic E-state index is 11.1. The number of ether oxygens (including phenoxy) is 1. The summed E-state index contributed by atoms with van der Waals surface area (Å²) in [4.78, 5) is 11.1. The van der Waals surface area contributed by atoms with Crippen LogP contribution in [0.25, 0.3) is 0 Å². The summed E-state index contributed by atoms with van der Waals surface area (Å²) in [5.74, 6) is -0.482. The second-order valence-electron chi connectivity index (χ2n) is 3.05. The number of aryl methyl sites for hydroxylation is 1. The van der Waals surface area contributed by atoms with E-state index in [1.165, 1.54) is 7.11 Å². The molecule has 0 aliphatic rings. The van der Waals surface area contributed by atoms with Gasteiger partial charge in [0.25, 0.3) is 0 Å². The number of anilines is 1. The van der Waals surface area contributed by atoms with Crippen molar-refractivity contribution in [1.82, 2.24) is 0 Å². The minimum Gasteiger partial charge on any atom is -0.464 e. The fourth-order valence-corrected chi connectivity index (χ4v) is 1.33. The normalized spacial score (nSPS) is 9.53. The van der Waals surface area contributed by atoms with Crippen LogP contribution in [0, 0.1) is 6.92 Å². The molecule has 0 spiro atoms. The van der Waals surface area contributed by atoms with E-state index >= 15 is 0 Å². The Kier molecular flexibility index (Phi) is 3.74. The highest BCUT2D eigenvalue weighted by atomic mass is 35.5. The van der Waals surface area contributed by atoms with Gasteiger partial charge in [0.15, 0.2) is 0 Å². The van der Waals surface area contributed by atoms with Gasteiger partial charge in [-0.15, -0.1) is 0 Å². The van der Waals surface area contributed by atoms with Crippen molar-refractivity contribution in [1.29, 1.82) is 0 Å². The number of methoxy groups -OCH3 is 1. The molecule has 4 heteroatoms. The Morgan fingerprint density at radius 1 is 1.53 bits per heavy atom. The summed E-state index contributed by atoms with van der Waals surface area (Å²) < 4.78 is 4.52. The number of esters is 1. The Bertz CT molecular complexity index is 402. The number of hydrogen-bond acceptors (Lipinski definition) is 3. The average Bonchev–Trinajstić information content (AvgIpc) is 2.20. The predicted octanol–water partition coefficient (Wildman–Crippen LogP) is 2.75. The van der Waals surface area contributed by atoms with Gasteiger partial charge in [0, 0.05) is 10.7 Å². The second-order valence-corrected chi connectivity index (χ2v) is 3.49. The van der Waals surface area contributed by atoms with Gasteiger partial charge in [0.1, 0.15) is 5.70 Å². The van der Waals surface area contributed by atoms with Crippen molar-refractivity contribution in [3.05, 3.63) is 41.1 Å². The van der Waals surface area contributed by atoms with E-state index in [0.717, 1.165) is 11.3 Å². The highest BCUT2D eigenvalue weighted by molar-refractivity contribution is 6.30. The zero-order valence-electron chi connectivity index (χ0n) is 8.63. The van der Waals surface area contributed by atoms with Crippen LogP contribution in [-0.2, 0) is 9.53 Å². The van der Waals surface area contributed by atoms with E-state index in [0.29, 0.717) is 5.02 Å². The number of carbonyl (C=O) groups excluding carboxylic acids is 1. The smallest absolute Gasteiger partial charge is 0.353 e. The largest absolute Gasteiger partial charge is 0.464 e. The SMILES string of the molecule is C=C(Nc1ccc(Cl)cc1C)C(=O)OC. The molecule has 15 heavy (non-hydrogen) atoms. The molecule has 0 saturated carbocycles. The molecule has 0 saturated heterocycles. The third-order valence-corrected chi connectivity index (χ3v) is 2.14. The van der Waals surface area contributed by atoms with Gasteiger partial charge in [-0.25, -0.2) is 4.79 Å². The van der Waals surface area contributed by atoms with Gasteiger partial charge in [0.2, 0.25) is 0 Å². The zero-order valence-corrected chi connectivity index (χ0v) is 9.39. The molecule has 1 aromatic carbocycles. The molecular formula is C11H12ClNO2. The summed E-state index contributed by atoms with van der Waals surface area (Å²) in [6.07, 6.45) is 0. The van der Waals surface area contributed by atoms with E-state index in [1.54, 1.807) is 18.2 Å². The van der Waals surface area contributed by atoms with Crippen LogP contribution in [0.15, 0.2) is 30.5 Å². The lowest BCUT2D eigenvalue weighted by Gasteiger charge is -2.10. The van der Waals surface area contributed by atoms with Crippen molar-refractivity contribution in [2.75, 3.05) is 12.4 Å². The highest BCUT2D eigenvalue weighted by Crippen LogP contribution is 2.20. The standard InChI is InChI=1S/C11H12ClNO2/c1-7-6-9(12)4-5-10(7)13-8(2)11(14)15-3/h4-6,13H,2H2,1,3H3. The van der Waals surface area contributed by atoms with Gasteiger partial charge < -0.3 is 10.1 Å². The Morgan fingerprint density at radius 2 is 2.20 bits per heavy atom. The Morgan fingerprint density at radius 3 is 2.73 bits per heavy atom. The molecule has 0 aliphatic carbocycles. The van der Waals surface area contributed by atoms with E-state index in [4.69, 9.17) is 11.6 Å². The van der Waals surface area contributed by atoms with E-state index in [-0.39, 0.29) is 5.70 Å². The molecular weight excluding hydrogens is 214 g/mol. The van der Waals surface area contributed by atoms with Crippen molar-refractivity contribution in [3.63, 3.8) is 0 Å². The Labute approximate surface area is 93.7 Å². The molecule has 0 aromatic heterocycles. The molecule has 0 aliphatic heterocycles. The molecule has 1 N–H and O–H groups in total. The van der Waals surface area contributed by atoms with Gasteiger partial charge >= 0.3 is 5.97 Å². The summed E-state index contributed by atoms with van der Waals surface area (Å²) >= 11 is 5.80. The first-order valence-electron chi connectivity index (χ1n) is 4.35. The number of benzene rings is 1. The lowest BCUT2D eigenvalue weighted by atomic mass is 10.2. The minimum atomic E-state index is -0.482. The van der Waals surface area contributed by atoms with E-state index in [1.807, 2.05) is 6.92 Å². The summed E-state index contributed by atoms with van der Waals surface area (Å²) in [6, 6.07) is 5.32. The van der Waals surface area contributed by atoms with E-state index in [2.05, 4.69) is 16.6 Å². The van der Waals surface area contributed by atoms with Crippen LogP contribution in [0.3, 0.4) is 0 Å². The lowest BCUT2D eigenvalue weighted by Crippen LogP contribution is -2.12. The number of nitrogens with one attached hydrogen (secondary N) is 1. The number of hydrogen-bond donors (Lipinski definition) is 1. The van der Waals surface area contributed by atoms with Crippen molar-refractivity contribution in [2.45, 2.75) is 6.92 Å². The molecule has 0 fully saturated rings. The number of rotatable bonds is 3. The molecule has 0 unspecified atom stereocenters. The Hall–Kier alpha value is -1.48. The summed E-state index contributed by atoms with van der Waals surface area (Å²) in [5.41, 5.74) is 1.92. The van der Waals surface area contributed by atoms with Gasteiger partial charge in [-0.05, 0) is 30.7 Å². The van der Waals surface area contributed by atoms with Crippen LogP contribution in [0.5, 0.6) is 0 Å². The molecule has 0 heterocycles. The monoisotopic (exact) mass is 225 g/mol. The first-order chi connectivity index (χ1) is 7.04. The lowest BCUT2D eigenvalue weighted by molar-refractivity contribution is -0.135. The fraction of sp³-hybridized carbons (Fsp3) is 0.182. The van der Waals surface area contributed by atoms with Crippen LogP contribution >= 0.6 is 11.6 Å². The van der Waals surface area contributed by atoms with Gasteiger partial charge in [0.05, 0.1) is 7.11 Å². The third kappa shape index (κ3) is 2.99. The molecule has 80 valence electrons. The van der Waals surface area contributed by atoms with E-state index in [9.17, 15) is 4.79 Å². The number of carbonyl (C=O) groups is 1. The van der Waals surface area contributed by atoms with Crippen molar-refractivity contribution in [3.8, 4) is 0 Å². The zero-order chi connectivity index (χ0) is 11.4. The van der Waals surface area contributed by atoms with Crippen molar-refractivity contribution < 1.29 is 9.53 Å². The quantitative estimate of drug-likeness (QED) is 0.635. The first-order valence-corrected chi connectivity index (χ1v) is 4.73.